The second-order valence-corrected chi connectivity index (χ2v) is 8.19. The van der Waals surface area contributed by atoms with Crippen molar-refractivity contribution < 1.29 is 23.8 Å². The highest BCUT2D eigenvalue weighted by atomic mass is 19.1. The van der Waals surface area contributed by atoms with Gasteiger partial charge in [0.1, 0.15) is 30.0 Å². The third-order valence-corrected chi connectivity index (χ3v) is 5.75. The molecule has 36 heavy (non-hydrogen) atoms. The Morgan fingerprint density at radius 1 is 1.11 bits per heavy atom. The van der Waals surface area contributed by atoms with E-state index in [1.54, 1.807) is 30.1 Å². The van der Waals surface area contributed by atoms with E-state index in [4.69, 9.17) is 9.47 Å². The maximum atomic E-state index is 13.3. The molecule has 4 rings (SSSR count). The maximum absolute atomic E-state index is 13.3. The van der Waals surface area contributed by atoms with Crippen LogP contribution in [0.5, 0.6) is 11.5 Å². The Labute approximate surface area is 210 Å². The molecule has 2 atom stereocenters. The van der Waals surface area contributed by atoms with E-state index in [2.05, 4.69) is 10.4 Å². The normalized spacial score (nSPS) is 12.4. The molecule has 8 heteroatoms. The highest BCUT2D eigenvalue weighted by molar-refractivity contribution is 5.81. The summed E-state index contributed by atoms with van der Waals surface area (Å²) in [4.78, 5) is 12.1. The minimum atomic E-state index is -0.598. The summed E-state index contributed by atoms with van der Waals surface area (Å²) < 4.78 is 26.9. The lowest BCUT2D eigenvalue weighted by Gasteiger charge is -2.29. The van der Waals surface area contributed by atoms with Gasteiger partial charge in [-0.15, -0.1) is 0 Å². The molecule has 0 bridgehead atoms. The molecule has 0 aliphatic heterocycles. The Kier molecular flexibility index (Phi) is 9.02. The van der Waals surface area contributed by atoms with Gasteiger partial charge in [0.25, 0.3) is 0 Å². The van der Waals surface area contributed by atoms with Crippen molar-refractivity contribution in [3.63, 3.8) is 0 Å². The van der Waals surface area contributed by atoms with E-state index in [9.17, 15) is 14.3 Å². The van der Waals surface area contributed by atoms with Gasteiger partial charge >= 0.3 is 0 Å². The number of nitrogens with one attached hydrogen (secondary N) is 1. The first-order valence-corrected chi connectivity index (χ1v) is 11.5. The van der Waals surface area contributed by atoms with Gasteiger partial charge in [0.2, 0.25) is 5.91 Å². The molecular weight excluding hydrogens is 461 g/mol. The zero-order valence-electron chi connectivity index (χ0n) is 19.6. The summed E-state index contributed by atoms with van der Waals surface area (Å²) in [5, 5.41) is 17.5. The Bertz CT molecular complexity index is 1290. The molecule has 0 saturated carbocycles. The number of methoxy groups -OCH3 is 1. The SMILES string of the molecule is C.CCC[C@H](NC(=O)CO)[C@H](Oc1ccc2c(cnn2-c2ccc(F)cc2)c1)c1cccc(OC)c1. The monoisotopic (exact) mass is 493 g/mol. The quantitative estimate of drug-likeness (QED) is 0.317. The van der Waals surface area contributed by atoms with Gasteiger partial charge in [-0.25, -0.2) is 9.07 Å². The molecule has 0 unspecified atom stereocenters. The van der Waals surface area contributed by atoms with Gasteiger partial charge in [0, 0.05) is 5.39 Å². The van der Waals surface area contributed by atoms with E-state index in [1.807, 2.05) is 49.4 Å². The summed E-state index contributed by atoms with van der Waals surface area (Å²) in [5.41, 5.74) is 2.43. The van der Waals surface area contributed by atoms with Crippen LogP contribution in [0.2, 0.25) is 0 Å². The lowest BCUT2D eigenvalue weighted by atomic mass is 9.97. The van der Waals surface area contributed by atoms with Crippen molar-refractivity contribution in [2.75, 3.05) is 13.7 Å². The minimum Gasteiger partial charge on any atom is -0.497 e. The van der Waals surface area contributed by atoms with Crippen molar-refractivity contribution in [1.82, 2.24) is 15.1 Å². The van der Waals surface area contributed by atoms with Gasteiger partial charge in [-0.3, -0.25) is 4.79 Å². The number of aliphatic hydroxyl groups is 1. The number of hydrogen-bond acceptors (Lipinski definition) is 5. The molecular formula is C28H32FN3O4. The van der Waals surface area contributed by atoms with E-state index in [0.717, 1.165) is 28.6 Å². The topological polar surface area (TPSA) is 85.6 Å². The van der Waals surface area contributed by atoms with Crippen LogP contribution in [0.15, 0.2) is 72.9 Å². The lowest BCUT2D eigenvalue weighted by Crippen LogP contribution is -2.42. The largest absolute Gasteiger partial charge is 0.497 e. The number of carbonyl (C=O) groups is 1. The standard InChI is InChI=1S/C27H28FN3O4.CH4/c1-3-5-24(30-26(33)17-32)27(18-6-4-7-22(14-18)34-2)35-23-12-13-25-19(15-23)16-29-31(25)21-10-8-20(28)9-11-21;/h4,6-16,24,27,32H,3,5,17H2,1-2H3,(H,30,33);1H4/t24-,27+;/m0./s1. The molecule has 1 aromatic heterocycles. The van der Waals surface area contributed by atoms with Crippen molar-refractivity contribution in [2.45, 2.75) is 39.3 Å². The number of nitrogens with zero attached hydrogens (tertiary/aromatic N) is 2. The number of halogens is 1. The first-order valence-electron chi connectivity index (χ1n) is 11.5. The molecule has 0 fully saturated rings. The predicted molar refractivity (Wildman–Crippen MR) is 138 cm³/mol. The molecule has 0 aliphatic rings. The van der Waals surface area contributed by atoms with Crippen LogP contribution >= 0.6 is 0 Å². The van der Waals surface area contributed by atoms with Crippen LogP contribution in [0.1, 0.15) is 38.9 Å². The second kappa shape index (κ2) is 12.2. The highest BCUT2D eigenvalue weighted by Crippen LogP contribution is 2.31. The molecule has 4 aromatic rings. The zero-order chi connectivity index (χ0) is 24.8. The fourth-order valence-electron chi connectivity index (χ4n) is 4.08. The molecule has 0 radical (unpaired) electrons. The van der Waals surface area contributed by atoms with Gasteiger partial charge in [0.05, 0.1) is 30.6 Å². The van der Waals surface area contributed by atoms with E-state index in [-0.39, 0.29) is 19.3 Å². The number of carbonyl (C=O) groups excluding carboxylic acids is 1. The van der Waals surface area contributed by atoms with Crippen molar-refractivity contribution in [2.24, 2.45) is 0 Å². The number of ether oxygens (including phenoxy) is 2. The van der Waals surface area contributed by atoms with Gasteiger partial charge < -0.3 is 19.9 Å². The van der Waals surface area contributed by atoms with Crippen LogP contribution in [0.3, 0.4) is 0 Å². The van der Waals surface area contributed by atoms with Crippen LogP contribution in [-0.4, -0.2) is 40.6 Å². The van der Waals surface area contributed by atoms with Crippen molar-refractivity contribution in [3.05, 3.63) is 84.3 Å². The number of hydrogen-bond donors (Lipinski definition) is 2. The molecule has 0 saturated heterocycles. The van der Waals surface area contributed by atoms with E-state index < -0.39 is 18.6 Å². The Hall–Kier alpha value is -3.91. The zero-order valence-corrected chi connectivity index (χ0v) is 19.6. The lowest BCUT2D eigenvalue weighted by molar-refractivity contribution is -0.125. The summed E-state index contributed by atoms with van der Waals surface area (Å²) in [6, 6.07) is 18.9. The summed E-state index contributed by atoms with van der Waals surface area (Å²) in [5.74, 6) is 0.509. The summed E-state index contributed by atoms with van der Waals surface area (Å²) in [7, 11) is 1.60. The van der Waals surface area contributed by atoms with Crippen molar-refractivity contribution >= 4 is 16.8 Å². The molecule has 0 aliphatic carbocycles. The van der Waals surface area contributed by atoms with Gasteiger partial charge in [-0.1, -0.05) is 32.9 Å². The number of fused-ring (bicyclic) bond motifs is 1. The van der Waals surface area contributed by atoms with Gasteiger partial charge in [0.15, 0.2) is 0 Å². The van der Waals surface area contributed by atoms with Crippen molar-refractivity contribution in [1.29, 1.82) is 0 Å². The summed E-state index contributed by atoms with van der Waals surface area (Å²) >= 11 is 0. The van der Waals surface area contributed by atoms with Gasteiger partial charge in [-0.05, 0) is 66.6 Å². The first-order chi connectivity index (χ1) is 17.0. The molecule has 3 aromatic carbocycles. The molecule has 1 heterocycles. The van der Waals surface area contributed by atoms with Crippen LogP contribution in [-0.2, 0) is 4.79 Å². The number of amides is 1. The third kappa shape index (κ3) is 6.01. The fourth-order valence-corrected chi connectivity index (χ4v) is 4.08. The number of rotatable bonds is 10. The van der Waals surface area contributed by atoms with Gasteiger partial charge in [-0.2, -0.15) is 5.10 Å². The molecule has 1 amide bonds. The summed E-state index contributed by atoms with van der Waals surface area (Å²) in [6.45, 7) is 1.43. The van der Waals surface area contributed by atoms with Crippen LogP contribution in [0, 0.1) is 5.82 Å². The van der Waals surface area contributed by atoms with E-state index in [1.165, 1.54) is 12.1 Å². The van der Waals surface area contributed by atoms with Crippen LogP contribution < -0.4 is 14.8 Å². The predicted octanol–water partition coefficient (Wildman–Crippen LogP) is 5.21. The first kappa shape index (κ1) is 26.7. The van der Waals surface area contributed by atoms with Crippen LogP contribution in [0.4, 0.5) is 4.39 Å². The second-order valence-electron chi connectivity index (χ2n) is 8.19. The fraction of sp³-hybridized carbons (Fsp3) is 0.286. The highest BCUT2D eigenvalue weighted by Gasteiger charge is 2.27. The Balaban J connectivity index is 0.00000361. The molecule has 190 valence electrons. The number of aliphatic hydroxyl groups excluding tert-OH is 1. The number of benzene rings is 3. The maximum Gasteiger partial charge on any atom is 0.246 e. The third-order valence-electron chi connectivity index (χ3n) is 5.75. The smallest absolute Gasteiger partial charge is 0.246 e. The average Bonchev–Trinajstić information content (AvgIpc) is 3.30. The minimum absolute atomic E-state index is 0. The molecule has 2 N–H and O–H groups in total. The van der Waals surface area contributed by atoms with Crippen molar-refractivity contribution in [3.8, 4) is 17.2 Å². The Morgan fingerprint density at radius 2 is 1.89 bits per heavy atom. The summed E-state index contributed by atoms with van der Waals surface area (Å²) in [6.07, 6.45) is 2.66. The number of aromatic nitrogens is 2. The molecule has 7 nitrogen and oxygen atoms in total. The average molecular weight is 494 g/mol. The van der Waals surface area contributed by atoms with Crippen LogP contribution in [0.25, 0.3) is 16.6 Å². The van der Waals surface area contributed by atoms with E-state index in [0.29, 0.717) is 17.9 Å². The van der Waals surface area contributed by atoms with E-state index >= 15 is 0 Å². The molecule has 0 spiro atoms. The Morgan fingerprint density at radius 3 is 2.58 bits per heavy atom.